The quantitative estimate of drug-likeness (QED) is 0.671. The molecule has 0 spiro atoms. The molecule has 0 aromatic carbocycles. The highest BCUT2D eigenvalue weighted by molar-refractivity contribution is 5.84. The van der Waals surface area contributed by atoms with Gasteiger partial charge in [-0.05, 0) is 12.8 Å². The van der Waals surface area contributed by atoms with E-state index in [4.69, 9.17) is 4.74 Å². The molecular weight excluding hydrogens is 222 g/mol. The Hall–Kier alpha value is -1.10. The van der Waals surface area contributed by atoms with Gasteiger partial charge in [0.2, 0.25) is 5.91 Å². The Morgan fingerprint density at radius 3 is 2.71 bits per heavy atom. The molecule has 0 bridgehead atoms. The average Bonchev–Trinajstić information content (AvgIpc) is 2.61. The fourth-order valence-electron chi connectivity index (χ4n) is 3.23. The van der Waals surface area contributed by atoms with Crippen molar-refractivity contribution in [2.24, 2.45) is 5.92 Å². The fraction of sp³-hybridized carbons (Fsp3) is 0.833. The maximum Gasteiger partial charge on any atom is 0.328 e. The molecular formula is C12H19NO4. The summed E-state index contributed by atoms with van der Waals surface area (Å²) < 4.78 is 4.76. The van der Waals surface area contributed by atoms with Crippen LogP contribution >= 0.6 is 0 Å². The lowest BCUT2D eigenvalue weighted by atomic mass is 9.75. The summed E-state index contributed by atoms with van der Waals surface area (Å²) in [6.45, 7) is 1.68. The van der Waals surface area contributed by atoms with Gasteiger partial charge in [0.05, 0.1) is 19.3 Å². The van der Waals surface area contributed by atoms with Crippen molar-refractivity contribution in [1.29, 1.82) is 0 Å². The lowest BCUT2D eigenvalue weighted by Gasteiger charge is -2.34. The number of carbonyl (C=O) groups is 2. The normalized spacial score (nSPS) is 36.5. The number of methoxy groups -OCH3 is 1. The van der Waals surface area contributed by atoms with Crippen LogP contribution in [0, 0.1) is 5.92 Å². The third kappa shape index (κ3) is 1.92. The largest absolute Gasteiger partial charge is 0.467 e. The smallest absolute Gasteiger partial charge is 0.328 e. The molecule has 3 unspecified atom stereocenters. The zero-order chi connectivity index (χ0) is 12.6. The van der Waals surface area contributed by atoms with Crippen molar-refractivity contribution in [3.05, 3.63) is 0 Å². The molecule has 0 aromatic rings. The van der Waals surface area contributed by atoms with Gasteiger partial charge in [0.1, 0.15) is 6.04 Å². The van der Waals surface area contributed by atoms with Gasteiger partial charge in [-0.25, -0.2) is 4.79 Å². The van der Waals surface area contributed by atoms with E-state index in [2.05, 4.69) is 0 Å². The summed E-state index contributed by atoms with van der Waals surface area (Å²) in [7, 11) is 1.32. The van der Waals surface area contributed by atoms with E-state index in [-0.39, 0.29) is 18.4 Å². The zero-order valence-electron chi connectivity index (χ0n) is 10.3. The van der Waals surface area contributed by atoms with Crippen LogP contribution in [0.1, 0.15) is 32.6 Å². The van der Waals surface area contributed by atoms with Crippen LogP contribution in [0.2, 0.25) is 0 Å². The van der Waals surface area contributed by atoms with E-state index in [1.807, 2.05) is 0 Å². The van der Waals surface area contributed by atoms with Crippen LogP contribution in [0.5, 0.6) is 0 Å². The number of carbonyl (C=O) groups excluding carboxylic acids is 2. The first-order chi connectivity index (χ1) is 7.99. The molecule has 1 N–H and O–H groups in total. The van der Waals surface area contributed by atoms with Crippen molar-refractivity contribution in [2.75, 3.05) is 13.7 Å². The van der Waals surface area contributed by atoms with E-state index in [1.165, 1.54) is 18.9 Å². The maximum absolute atomic E-state index is 11.8. The summed E-state index contributed by atoms with van der Waals surface area (Å²) in [4.78, 5) is 24.8. The van der Waals surface area contributed by atoms with Crippen LogP contribution in [-0.2, 0) is 14.3 Å². The lowest BCUT2D eigenvalue weighted by Crippen LogP contribution is -2.45. The van der Waals surface area contributed by atoms with Crippen LogP contribution in [0.15, 0.2) is 0 Å². The second-order valence-electron chi connectivity index (χ2n) is 5.07. The van der Waals surface area contributed by atoms with Gasteiger partial charge in [0.25, 0.3) is 0 Å². The second kappa shape index (κ2) is 4.29. The lowest BCUT2D eigenvalue weighted by molar-refractivity contribution is -0.152. The zero-order valence-corrected chi connectivity index (χ0v) is 10.3. The Balaban J connectivity index is 2.31. The Morgan fingerprint density at radius 1 is 1.41 bits per heavy atom. The first kappa shape index (κ1) is 12.4. The van der Waals surface area contributed by atoms with Crippen molar-refractivity contribution in [3.8, 4) is 0 Å². The number of likely N-dealkylation sites (tertiary alicyclic amines) is 1. The van der Waals surface area contributed by atoms with Gasteiger partial charge in [-0.2, -0.15) is 0 Å². The highest BCUT2D eigenvalue weighted by Crippen LogP contribution is 2.43. The van der Waals surface area contributed by atoms with E-state index in [1.54, 1.807) is 0 Å². The van der Waals surface area contributed by atoms with E-state index >= 15 is 0 Å². The number of rotatable bonds is 1. The van der Waals surface area contributed by atoms with Crippen molar-refractivity contribution < 1.29 is 19.4 Å². The summed E-state index contributed by atoms with van der Waals surface area (Å²) >= 11 is 0. The van der Waals surface area contributed by atoms with Gasteiger partial charge in [-0.3, -0.25) is 4.79 Å². The summed E-state index contributed by atoms with van der Waals surface area (Å²) in [5, 5.41) is 10.5. The molecule has 0 radical (unpaired) electrons. The van der Waals surface area contributed by atoms with E-state index < -0.39 is 17.6 Å². The van der Waals surface area contributed by atoms with Gasteiger partial charge >= 0.3 is 5.97 Å². The molecule has 2 rings (SSSR count). The number of aliphatic hydroxyl groups is 1. The molecule has 1 aliphatic heterocycles. The van der Waals surface area contributed by atoms with Crippen LogP contribution in [-0.4, -0.2) is 47.2 Å². The minimum atomic E-state index is -0.900. The molecule has 17 heavy (non-hydrogen) atoms. The second-order valence-corrected chi connectivity index (χ2v) is 5.07. The van der Waals surface area contributed by atoms with Gasteiger partial charge in [0.15, 0.2) is 0 Å². The summed E-state index contributed by atoms with van der Waals surface area (Å²) in [5.41, 5.74) is -0.900. The Morgan fingerprint density at radius 2 is 2.12 bits per heavy atom. The Bertz CT molecular complexity index is 343. The van der Waals surface area contributed by atoms with Crippen molar-refractivity contribution in [2.45, 2.75) is 44.2 Å². The minimum absolute atomic E-state index is 0.174. The minimum Gasteiger partial charge on any atom is -0.467 e. The summed E-state index contributed by atoms with van der Waals surface area (Å²) in [6.07, 6.45) is 3.38. The third-order valence-corrected chi connectivity index (χ3v) is 4.07. The van der Waals surface area contributed by atoms with Crippen molar-refractivity contribution in [3.63, 3.8) is 0 Å². The number of amides is 1. The SMILES string of the molecule is COC(=O)C1C2CCCCC2(O)CN1C(C)=O. The topological polar surface area (TPSA) is 66.8 Å². The Labute approximate surface area is 101 Å². The monoisotopic (exact) mass is 241 g/mol. The molecule has 5 nitrogen and oxygen atoms in total. The number of hydrogen-bond donors (Lipinski definition) is 1. The van der Waals surface area contributed by atoms with E-state index in [0.717, 1.165) is 19.3 Å². The van der Waals surface area contributed by atoms with Crippen molar-refractivity contribution in [1.82, 2.24) is 4.90 Å². The number of fused-ring (bicyclic) bond motifs is 1. The van der Waals surface area contributed by atoms with E-state index in [0.29, 0.717) is 6.42 Å². The summed E-state index contributed by atoms with van der Waals surface area (Å²) in [6, 6.07) is -0.609. The first-order valence-electron chi connectivity index (χ1n) is 6.07. The van der Waals surface area contributed by atoms with Gasteiger partial charge < -0.3 is 14.7 Å². The molecule has 1 saturated heterocycles. The number of β-amino-alcohol motifs (C(OH)–C–C–N with tert-alkyl or cyclic N) is 1. The molecule has 0 aromatic heterocycles. The Kier molecular flexibility index (Phi) is 3.12. The van der Waals surface area contributed by atoms with Gasteiger partial charge in [-0.15, -0.1) is 0 Å². The predicted molar refractivity (Wildman–Crippen MR) is 60.1 cm³/mol. The van der Waals surface area contributed by atoms with Crippen LogP contribution in [0.3, 0.4) is 0 Å². The maximum atomic E-state index is 11.8. The molecule has 1 heterocycles. The number of nitrogens with zero attached hydrogens (tertiary/aromatic N) is 1. The average molecular weight is 241 g/mol. The third-order valence-electron chi connectivity index (χ3n) is 4.07. The number of ether oxygens (including phenoxy) is 1. The highest BCUT2D eigenvalue weighted by Gasteiger charge is 2.56. The molecule has 5 heteroatoms. The molecule has 2 fully saturated rings. The van der Waals surface area contributed by atoms with Crippen LogP contribution < -0.4 is 0 Å². The first-order valence-corrected chi connectivity index (χ1v) is 6.07. The molecule has 1 amide bonds. The molecule has 3 atom stereocenters. The number of hydrogen-bond acceptors (Lipinski definition) is 4. The molecule has 1 aliphatic carbocycles. The predicted octanol–water partition coefficient (Wildman–Crippen LogP) is 0.311. The summed E-state index contributed by atoms with van der Waals surface area (Å²) in [5.74, 6) is -0.765. The van der Waals surface area contributed by atoms with Gasteiger partial charge in [-0.1, -0.05) is 12.8 Å². The highest BCUT2D eigenvalue weighted by atomic mass is 16.5. The number of esters is 1. The fourth-order valence-corrected chi connectivity index (χ4v) is 3.23. The van der Waals surface area contributed by atoms with Gasteiger partial charge in [0, 0.05) is 12.8 Å². The van der Waals surface area contributed by atoms with Crippen molar-refractivity contribution >= 4 is 11.9 Å². The molecule has 2 aliphatic rings. The standard InChI is InChI=1S/C12H19NO4/c1-8(14)13-7-12(16)6-4-3-5-9(12)10(13)11(15)17-2/h9-10,16H,3-7H2,1-2H3. The van der Waals surface area contributed by atoms with Crippen LogP contribution in [0.25, 0.3) is 0 Å². The molecule has 1 saturated carbocycles. The van der Waals surface area contributed by atoms with E-state index in [9.17, 15) is 14.7 Å². The molecule has 96 valence electrons. The van der Waals surface area contributed by atoms with Crippen LogP contribution in [0.4, 0.5) is 0 Å².